The van der Waals surface area contributed by atoms with Crippen molar-refractivity contribution in [3.05, 3.63) is 36.0 Å². The van der Waals surface area contributed by atoms with Crippen LogP contribution in [0.4, 0.5) is 11.5 Å². The van der Waals surface area contributed by atoms with E-state index in [2.05, 4.69) is 10.4 Å². The van der Waals surface area contributed by atoms with Gasteiger partial charge in [-0.1, -0.05) is 0 Å². The second-order valence-electron chi connectivity index (χ2n) is 5.49. The first-order chi connectivity index (χ1) is 11.1. The predicted octanol–water partition coefficient (Wildman–Crippen LogP) is 1.69. The zero-order valence-corrected chi connectivity index (χ0v) is 12.7. The zero-order chi connectivity index (χ0) is 16.4. The van der Waals surface area contributed by atoms with Gasteiger partial charge in [0.2, 0.25) is 5.91 Å². The smallest absolute Gasteiger partial charge is 0.230 e. The number of nitriles is 1. The summed E-state index contributed by atoms with van der Waals surface area (Å²) in [6.07, 6.45) is 2.26. The lowest BCUT2D eigenvalue weighted by Crippen LogP contribution is -2.27. The van der Waals surface area contributed by atoms with Crippen molar-refractivity contribution in [1.82, 2.24) is 9.78 Å². The lowest BCUT2D eigenvalue weighted by atomic mass is 10.0. The average Bonchev–Trinajstić information content (AvgIpc) is 3.13. The van der Waals surface area contributed by atoms with Crippen LogP contribution < -0.4 is 11.1 Å². The van der Waals surface area contributed by atoms with Crippen LogP contribution in [0.1, 0.15) is 18.9 Å². The Morgan fingerprint density at radius 2 is 2.22 bits per heavy atom. The number of carbonyl (C=O) groups is 1. The van der Waals surface area contributed by atoms with Crippen molar-refractivity contribution in [2.45, 2.75) is 19.4 Å². The molecule has 118 valence electrons. The number of nitrogen functional groups attached to an aromatic ring is 1. The number of nitrogens with zero attached hydrogens (tertiary/aromatic N) is 3. The van der Waals surface area contributed by atoms with Gasteiger partial charge >= 0.3 is 0 Å². The Hall–Kier alpha value is -2.85. The summed E-state index contributed by atoms with van der Waals surface area (Å²) in [5.41, 5.74) is 7.44. The summed E-state index contributed by atoms with van der Waals surface area (Å²) in [4.78, 5) is 12.2. The third-order valence-electron chi connectivity index (χ3n) is 3.98. The van der Waals surface area contributed by atoms with Crippen molar-refractivity contribution in [3.63, 3.8) is 0 Å². The van der Waals surface area contributed by atoms with Crippen molar-refractivity contribution in [2.24, 2.45) is 5.92 Å². The summed E-state index contributed by atoms with van der Waals surface area (Å²) in [5.74, 6) is 0.0525. The van der Waals surface area contributed by atoms with Gasteiger partial charge in [-0.2, -0.15) is 5.26 Å². The standard InChI is InChI=1S/C16H17N5O2/c1-10-14(6-7-23-10)16(22)19-12-2-4-13(5-3-12)21-9-11(8-17)15(18)20-21/h2-5,9-10,14H,6-7H2,1H3,(H2,18,20)(H,19,22). The summed E-state index contributed by atoms with van der Waals surface area (Å²) in [6.45, 7) is 2.54. The fourth-order valence-corrected chi connectivity index (χ4v) is 2.61. The minimum Gasteiger partial charge on any atom is -0.381 e. The summed E-state index contributed by atoms with van der Waals surface area (Å²) >= 11 is 0. The molecule has 1 fully saturated rings. The van der Waals surface area contributed by atoms with Crippen LogP contribution in [0.5, 0.6) is 0 Å². The van der Waals surface area contributed by atoms with Gasteiger partial charge < -0.3 is 15.8 Å². The minimum absolute atomic E-state index is 0.0298. The van der Waals surface area contributed by atoms with E-state index in [4.69, 9.17) is 15.7 Å². The Labute approximate surface area is 133 Å². The number of ether oxygens (including phenoxy) is 1. The van der Waals surface area contributed by atoms with Gasteiger partial charge in [0.1, 0.15) is 11.6 Å². The topological polar surface area (TPSA) is 106 Å². The van der Waals surface area contributed by atoms with Crippen LogP contribution >= 0.6 is 0 Å². The number of benzene rings is 1. The van der Waals surface area contributed by atoms with Crippen LogP contribution in [0.15, 0.2) is 30.5 Å². The first-order valence-corrected chi connectivity index (χ1v) is 7.36. The second kappa shape index (κ2) is 6.10. The van der Waals surface area contributed by atoms with Crippen molar-refractivity contribution >= 4 is 17.4 Å². The summed E-state index contributed by atoms with van der Waals surface area (Å²) in [6, 6.07) is 9.17. The maximum absolute atomic E-state index is 12.2. The molecule has 0 radical (unpaired) electrons. The predicted molar refractivity (Wildman–Crippen MR) is 84.8 cm³/mol. The van der Waals surface area contributed by atoms with Gasteiger partial charge in [0.15, 0.2) is 5.82 Å². The molecule has 0 bridgehead atoms. The maximum atomic E-state index is 12.2. The van der Waals surface area contributed by atoms with Gasteiger partial charge in [-0.3, -0.25) is 4.79 Å². The highest BCUT2D eigenvalue weighted by molar-refractivity contribution is 5.93. The first-order valence-electron chi connectivity index (χ1n) is 7.36. The number of carbonyl (C=O) groups excluding carboxylic acids is 1. The molecule has 2 heterocycles. The van der Waals surface area contributed by atoms with Crippen LogP contribution in [-0.4, -0.2) is 28.4 Å². The van der Waals surface area contributed by atoms with E-state index in [-0.39, 0.29) is 23.7 Å². The number of amides is 1. The molecule has 1 aliphatic heterocycles. The molecule has 7 nitrogen and oxygen atoms in total. The Balaban J connectivity index is 1.72. The van der Waals surface area contributed by atoms with Gasteiger partial charge in [0.25, 0.3) is 0 Å². The van der Waals surface area contributed by atoms with Crippen LogP contribution in [0.2, 0.25) is 0 Å². The largest absolute Gasteiger partial charge is 0.381 e. The zero-order valence-electron chi connectivity index (χ0n) is 12.7. The molecule has 2 atom stereocenters. The third kappa shape index (κ3) is 3.03. The molecule has 0 aliphatic carbocycles. The summed E-state index contributed by atoms with van der Waals surface area (Å²) < 4.78 is 6.95. The number of anilines is 2. The lowest BCUT2D eigenvalue weighted by Gasteiger charge is -2.14. The maximum Gasteiger partial charge on any atom is 0.230 e. The Kier molecular flexibility index (Phi) is 4.00. The quantitative estimate of drug-likeness (QED) is 0.897. The number of aromatic nitrogens is 2. The molecule has 1 aromatic heterocycles. The number of hydrogen-bond acceptors (Lipinski definition) is 5. The molecule has 0 spiro atoms. The molecule has 7 heteroatoms. The Bertz CT molecular complexity index is 760. The summed E-state index contributed by atoms with van der Waals surface area (Å²) in [7, 11) is 0. The van der Waals surface area contributed by atoms with Crippen LogP contribution in [0.3, 0.4) is 0 Å². The third-order valence-corrected chi connectivity index (χ3v) is 3.98. The number of hydrogen-bond donors (Lipinski definition) is 2. The molecule has 3 N–H and O–H groups in total. The fraction of sp³-hybridized carbons (Fsp3) is 0.312. The van der Waals surface area contributed by atoms with E-state index in [9.17, 15) is 4.79 Å². The average molecular weight is 311 g/mol. The number of nitrogens with one attached hydrogen (secondary N) is 1. The van der Waals surface area contributed by atoms with E-state index in [1.165, 1.54) is 4.68 Å². The second-order valence-corrected chi connectivity index (χ2v) is 5.49. The molecule has 1 amide bonds. The van der Waals surface area contributed by atoms with E-state index >= 15 is 0 Å². The van der Waals surface area contributed by atoms with Crippen LogP contribution in [-0.2, 0) is 9.53 Å². The molecule has 1 saturated heterocycles. The van der Waals surface area contributed by atoms with E-state index in [1.807, 2.05) is 13.0 Å². The fourth-order valence-electron chi connectivity index (χ4n) is 2.61. The van der Waals surface area contributed by atoms with E-state index in [0.717, 1.165) is 12.1 Å². The van der Waals surface area contributed by atoms with Gasteiger partial charge in [-0.05, 0) is 37.6 Å². The SMILES string of the molecule is CC1OCCC1C(=O)Nc1ccc(-n2cc(C#N)c(N)n2)cc1. The highest BCUT2D eigenvalue weighted by Gasteiger charge is 2.30. The monoisotopic (exact) mass is 311 g/mol. The van der Waals surface area contributed by atoms with Crippen molar-refractivity contribution in [3.8, 4) is 11.8 Å². The van der Waals surface area contributed by atoms with Gasteiger partial charge in [0.05, 0.1) is 23.9 Å². The molecule has 2 unspecified atom stereocenters. The van der Waals surface area contributed by atoms with Gasteiger partial charge in [-0.25, -0.2) is 4.68 Å². The minimum atomic E-state index is -0.112. The van der Waals surface area contributed by atoms with Crippen LogP contribution in [0.25, 0.3) is 5.69 Å². The molecule has 2 aromatic rings. The number of nitrogens with two attached hydrogens (primary N) is 1. The summed E-state index contributed by atoms with van der Waals surface area (Å²) in [5, 5.41) is 15.9. The molecule has 1 aromatic carbocycles. The van der Waals surface area contributed by atoms with Crippen molar-refractivity contribution < 1.29 is 9.53 Å². The molecule has 0 saturated carbocycles. The van der Waals surface area contributed by atoms with Crippen molar-refractivity contribution in [2.75, 3.05) is 17.7 Å². The lowest BCUT2D eigenvalue weighted by molar-refractivity contribution is -0.121. The van der Waals surface area contributed by atoms with E-state index in [0.29, 0.717) is 17.9 Å². The van der Waals surface area contributed by atoms with Gasteiger partial charge in [0, 0.05) is 12.3 Å². The Morgan fingerprint density at radius 3 is 2.78 bits per heavy atom. The Morgan fingerprint density at radius 1 is 1.48 bits per heavy atom. The molecule has 1 aliphatic rings. The molecular weight excluding hydrogens is 294 g/mol. The van der Waals surface area contributed by atoms with Gasteiger partial charge in [-0.15, -0.1) is 5.10 Å². The molecule has 23 heavy (non-hydrogen) atoms. The van der Waals surface area contributed by atoms with E-state index in [1.54, 1.807) is 30.5 Å². The van der Waals surface area contributed by atoms with Crippen LogP contribution in [0, 0.1) is 17.2 Å². The normalized spacial score (nSPS) is 20.2. The van der Waals surface area contributed by atoms with Crippen molar-refractivity contribution in [1.29, 1.82) is 5.26 Å². The first kappa shape index (κ1) is 15.1. The molecular formula is C16H17N5O2. The highest BCUT2D eigenvalue weighted by atomic mass is 16.5. The highest BCUT2D eigenvalue weighted by Crippen LogP contribution is 2.23. The molecule has 3 rings (SSSR count). The number of rotatable bonds is 3. The van der Waals surface area contributed by atoms with E-state index < -0.39 is 0 Å².